The van der Waals surface area contributed by atoms with Gasteiger partial charge in [0.25, 0.3) is 5.91 Å². The van der Waals surface area contributed by atoms with E-state index in [0.717, 1.165) is 0 Å². The third-order valence-electron chi connectivity index (χ3n) is 5.01. The molecule has 2 aromatic heterocycles. The van der Waals surface area contributed by atoms with Crippen LogP contribution in [0.2, 0.25) is 0 Å². The molecule has 0 saturated heterocycles. The predicted molar refractivity (Wildman–Crippen MR) is 118 cm³/mol. The lowest BCUT2D eigenvalue weighted by Gasteiger charge is -2.13. The minimum atomic E-state index is -0.567. The summed E-state index contributed by atoms with van der Waals surface area (Å²) in [5.74, 6) is -1.37. The molecule has 0 aliphatic carbocycles. The van der Waals surface area contributed by atoms with Crippen molar-refractivity contribution < 1.29 is 14.5 Å². The van der Waals surface area contributed by atoms with E-state index in [0.29, 0.717) is 23.6 Å². The average Bonchev–Trinajstić information content (AvgIpc) is 3.28. The molecule has 2 N–H and O–H groups in total. The summed E-state index contributed by atoms with van der Waals surface area (Å²) in [5, 5.41) is 25.2. The zero-order valence-corrected chi connectivity index (χ0v) is 18.3. The molecule has 11 heteroatoms. The van der Waals surface area contributed by atoms with Crippen LogP contribution in [0.5, 0.6) is 0 Å². The molecule has 1 unspecified atom stereocenters. The molecule has 2 heterocycles. The maximum absolute atomic E-state index is 12.8. The Morgan fingerprint density at radius 3 is 2.44 bits per heavy atom. The van der Waals surface area contributed by atoms with Crippen molar-refractivity contribution >= 4 is 28.9 Å². The van der Waals surface area contributed by atoms with E-state index in [2.05, 4.69) is 20.8 Å². The van der Waals surface area contributed by atoms with Gasteiger partial charge in [-0.3, -0.25) is 29.1 Å². The minimum absolute atomic E-state index is 0.0540. The Morgan fingerprint density at radius 1 is 1.16 bits per heavy atom. The minimum Gasteiger partial charge on any atom is -0.322 e. The molecule has 0 fully saturated rings. The van der Waals surface area contributed by atoms with E-state index in [4.69, 9.17) is 0 Å². The summed E-state index contributed by atoms with van der Waals surface area (Å²) in [6, 6.07) is 8.94. The molecular weight excluding hydrogens is 414 g/mol. The van der Waals surface area contributed by atoms with Crippen molar-refractivity contribution in [1.82, 2.24) is 19.6 Å². The van der Waals surface area contributed by atoms with Crippen molar-refractivity contribution in [1.29, 1.82) is 0 Å². The Bertz CT molecular complexity index is 1150. The van der Waals surface area contributed by atoms with E-state index in [9.17, 15) is 19.7 Å². The number of para-hydroxylation sites is 1. The van der Waals surface area contributed by atoms with Crippen molar-refractivity contribution in [2.24, 2.45) is 5.92 Å². The van der Waals surface area contributed by atoms with Crippen LogP contribution in [-0.2, 0) is 17.9 Å². The number of anilines is 2. The van der Waals surface area contributed by atoms with E-state index in [1.54, 1.807) is 55.9 Å². The van der Waals surface area contributed by atoms with Gasteiger partial charge in [0.1, 0.15) is 11.4 Å². The van der Waals surface area contributed by atoms with Gasteiger partial charge < -0.3 is 10.6 Å². The molecule has 3 aromatic rings. The van der Waals surface area contributed by atoms with Crippen molar-refractivity contribution in [3.63, 3.8) is 0 Å². The first-order valence-corrected chi connectivity index (χ1v) is 10.1. The van der Waals surface area contributed by atoms with Crippen LogP contribution in [0.4, 0.5) is 17.1 Å². The zero-order valence-electron chi connectivity index (χ0n) is 18.3. The lowest BCUT2D eigenvalue weighted by Crippen LogP contribution is -2.26. The maximum atomic E-state index is 12.8. The van der Waals surface area contributed by atoms with Gasteiger partial charge in [-0.25, -0.2) is 0 Å². The van der Waals surface area contributed by atoms with E-state index < -0.39 is 16.7 Å². The number of nitrogens with one attached hydrogen (secondary N) is 2. The molecule has 1 aromatic carbocycles. The smallest absolute Gasteiger partial charge is 0.312 e. The summed E-state index contributed by atoms with van der Waals surface area (Å²) in [5.41, 5.74) is 1.62. The lowest BCUT2D eigenvalue weighted by atomic mass is 10.1. The Balaban J connectivity index is 1.76. The van der Waals surface area contributed by atoms with Gasteiger partial charge in [0.15, 0.2) is 5.69 Å². The number of benzene rings is 1. The van der Waals surface area contributed by atoms with Crippen LogP contribution in [-0.4, -0.2) is 36.3 Å². The standard InChI is InChI=1S/C21H25N7O4/c1-5-26-12-17(18(25-26)21(30)22-16-9-7-6-8-10-16)23-20(29)13(2)11-27-15(4)19(28(31)32)14(3)24-27/h6-10,12-13H,5,11H2,1-4H3,(H,22,30)(H,23,29). The third kappa shape index (κ3) is 4.82. The molecule has 3 rings (SSSR count). The van der Waals surface area contributed by atoms with Crippen molar-refractivity contribution in [2.45, 2.75) is 40.8 Å². The fourth-order valence-electron chi connectivity index (χ4n) is 3.28. The first-order valence-electron chi connectivity index (χ1n) is 10.1. The molecule has 0 aliphatic rings. The average molecular weight is 439 g/mol. The highest BCUT2D eigenvalue weighted by molar-refractivity contribution is 6.08. The largest absolute Gasteiger partial charge is 0.322 e. The summed E-state index contributed by atoms with van der Waals surface area (Å²) in [6.07, 6.45) is 1.60. The van der Waals surface area contributed by atoms with Crippen LogP contribution in [0.15, 0.2) is 36.5 Å². The number of amides is 2. The van der Waals surface area contributed by atoms with Gasteiger partial charge in [0, 0.05) is 18.4 Å². The Hall–Kier alpha value is -4.02. The number of hydrogen-bond donors (Lipinski definition) is 2. The summed E-state index contributed by atoms with van der Waals surface area (Å²) in [7, 11) is 0. The number of aryl methyl sites for hydroxylation is 2. The normalized spacial score (nSPS) is 11.8. The Labute approximate surface area is 184 Å². The number of carbonyl (C=O) groups is 2. The first-order chi connectivity index (χ1) is 15.2. The monoisotopic (exact) mass is 439 g/mol. The number of hydrogen-bond acceptors (Lipinski definition) is 6. The van der Waals surface area contributed by atoms with Crippen LogP contribution in [0, 0.1) is 29.9 Å². The molecule has 1 atom stereocenters. The van der Waals surface area contributed by atoms with Crippen LogP contribution >= 0.6 is 0 Å². The second-order valence-corrected chi connectivity index (χ2v) is 7.42. The van der Waals surface area contributed by atoms with Crippen LogP contribution in [0.3, 0.4) is 0 Å². The quantitative estimate of drug-likeness (QED) is 0.409. The van der Waals surface area contributed by atoms with E-state index >= 15 is 0 Å². The number of nitrogens with zero attached hydrogens (tertiary/aromatic N) is 5. The summed E-state index contributed by atoms with van der Waals surface area (Å²) >= 11 is 0. The summed E-state index contributed by atoms with van der Waals surface area (Å²) in [4.78, 5) is 36.3. The van der Waals surface area contributed by atoms with Gasteiger partial charge in [-0.2, -0.15) is 10.2 Å². The number of rotatable bonds is 8. The van der Waals surface area contributed by atoms with E-state index in [1.807, 2.05) is 13.0 Å². The van der Waals surface area contributed by atoms with Crippen molar-refractivity contribution in [3.8, 4) is 0 Å². The fraction of sp³-hybridized carbons (Fsp3) is 0.333. The van der Waals surface area contributed by atoms with Crippen LogP contribution < -0.4 is 10.6 Å². The topological polar surface area (TPSA) is 137 Å². The summed E-state index contributed by atoms with van der Waals surface area (Å²) in [6.45, 7) is 7.39. The molecule has 2 amide bonds. The third-order valence-corrected chi connectivity index (χ3v) is 5.01. The fourth-order valence-corrected chi connectivity index (χ4v) is 3.28. The maximum Gasteiger partial charge on any atom is 0.312 e. The van der Waals surface area contributed by atoms with Gasteiger partial charge in [-0.1, -0.05) is 25.1 Å². The lowest BCUT2D eigenvalue weighted by molar-refractivity contribution is -0.386. The second kappa shape index (κ2) is 9.41. The van der Waals surface area contributed by atoms with Gasteiger partial charge in [0.05, 0.1) is 23.1 Å². The molecule has 0 spiro atoms. The molecule has 168 valence electrons. The zero-order chi connectivity index (χ0) is 23.4. The Kier molecular flexibility index (Phi) is 6.67. The van der Waals surface area contributed by atoms with Gasteiger partial charge in [-0.05, 0) is 32.9 Å². The van der Waals surface area contributed by atoms with E-state index in [-0.39, 0.29) is 29.5 Å². The molecule has 0 radical (unpaired) electrons. The number of aromatic nitrogens is 4. The molecular formula is C21H25N7O4. The highest BCUT2D eigenvalue weighted by Gasteiger charge is 2.25. The molecule has 0 saturated carbocycles. The van der Waals surface area contributed by atoms with Gasteiger partial charge in [0.2, 0.25) is 5.91 Å². The molecule has 11 nitrogen and oxygen atoms in total. The van der Waals surface area contributed by atoms with Crippen molar-refractivity contribution in [2.75, 3.05) is 10.6 Å². The Morgan fingerprint density at radius 2 is 1.84 bits per heavy atom. The second-order valence-electron chi connectivity index (χ2n) is 7.42. The van der Waals surface area contributed by atoms with E-state index in [1.165, 1.54) is 4.68 Å². The predicted octanol–water partition coefficient (Wildman–Crippen LogP) is 3.15. The van der Waals surface area contributed by atoms with Crippen molar-refractivity contribution in [3.05, 3.63) is 63.7 Å². The number of carbonyl (C=O) groups excluding carboxylic acids is 2. The molecule has 0 bridgehead atoms. The van der Waals surface area contributed by atoms with Crippen LogP contribution in [0.25, 0.3) is 0 Å². The number of nitro groups is 1. The SMILES string of the molecule is CCn1cc(NC(=O)C(C)Cn2nc(C)c([N+](=O)[O-])c2C)c(C(=O)Nc2ccccc2)n1. The molecule has 32 heavy (non-hydrogen) atoms. The summed E-state index contributed by atoms with van der Waals surface area (Å²) < 4.78 is 3.01. The highest BCUT2D eigenvalue weighted by Crippen LogP contribution is 2.23. The molecule has 0 aliphatic heterocycles. The first kappa shape index (κ1) is 22.7. The van der Waals surface area contributed by atoms with Gasteiger partial charge >= 0.3 is 5.69 Å². The van der Waals surface area contributed by atoms with Gasteiger partial charge in [-0.15, -0.1) is 0 Å². The van der Waals surface area contributed by atoms with Crippen LogP contribution in [0.1, 0.15) is 35.7 Å². The highest BCUT2D eigenvalue weighted by atomic mass is 16.6.